The van der Waals surface area contributed by atoms with Crippen LogP contribution >= 0.6 is 0 Å². The summed E-state index contributed by atoms with van der Waals surface area (Å²) in [4.78, 5) is 25.3. The van der Waals surface area contributed by atoms with Crippen molar-refractivity contribution >= 4 is 11.9 Å². The van der Waals surface area contributed by atoms with Gasteiger partial charge in [-0.2, -0.15) is 0 Å². The van der Waals surface area contributed by atoms with Crippen LogP contribution in [0.15, 0.2) is 45.6 Å². The fourth-order valence-electron chi connectivity index (χ4n) is 8.81. The van der Waals surface area contributed by atoms with Gasteiger partial charge in [-0.05, 0) is 88.5 Å². The third-order valence-corrected chi connectivity index (χ3v) is 11.1. The molecule has 1 spiro atoms. The zero-order valence-corrected chi connectivity index (χ0v) is 25.4. The topological polar surface area (TPSA) is 107 Å². The van der Waals surface area contributed by atoms with Gasteiger partial charge in [0.1, 0.15) is 12.2 Å². The van der Waals surface area contributed by atoms with Crippen LogP contribution in [0.2, 0.25) is 0 Å². The number of carbonyl (C=O) groups is 2. The van der Waals surface area contributed by atoms with Gasteiger partial charge in [-0.1, -0.05) is 20.8 Å². The van der Waals surface area contributed by atoms with Crippen LogP contribution in [0.5, 0.6) is 0 Å². The van der Waals surface area contributed by atoms with E-state index in [-0.39, 0.29) is 41.7 Å². The Kier molecular flexibility index (Phi) is 7.38. The van der Waals surface area contributed by atoms with E-state index in [4.69, 9.17) is 32.5 Å². The number of furan rings is 2. The van der Waals surface area contributed by atoms with Crippen molar-refractivity contribution in [3.8, 4) is 0 Å². The summed E-state index contributed by atoms with van der Waals surface area (Å²) < 4.78 is 42.0. The summed E-state index contributed by atoms with van der Waals surface area (Å²) in [7, 11) is 0. The van der Waals surface area contributed by atoms with Gasteiger partial charge in [0.05, 0.1) is 37.4 Å². The summed E-state index contributed by atoms with van der Waals surface area (Å²) in [6, 6.07) is 6.46. The third kappa shape index (κ3) is 4.81. The molecule has 0 bridgehead atoms. The highest BCUT2D eigenvalue weighted by atomic mass is 16.7. The van der Waals surface area contributed by atoms with Gasteiger partial charge in [0.2, 0.25) is 11.5 Å². The average Bonchev–Trinajstić information content (AvgIpc) is 3.74. The first-order chi connectivity index (χ1) is 19.9. The van der Waals surface area contributed by atoms with E-state index in [1.54, 1.807) is 24.3 Å². The summed E-state index contributed by atoms with van der Waals surface area (Å²) in [6.07, 6.45) is 8.96. The number of carbonyl (C=O) groups excluding carboxylic acids is 2. The van der Waals surface area contributed by atoms with Crippen LogP contribution in [0.25, 0.3) is 0 Å². The lowest BCUT2D eigenvalue weighted by molar-refractivity contribution is -0.359. The molecule has 0 amide bonds. The quantitative estimate of drug-likeness (QED) is 0.334. The van der Waals surface area contributed by atoms with Gasteiger partial charge in [-0.25, -0.2) is 9.59 Å². The maximum atomic E-state index is 12.8. The summed E-state index contributed by atoms with van der Waals surface area (Å²) in [5, 5.41) is 0. The third-order valence-electron chi connectivity index (χ3n) is 11.1. The number of fused-ring (bicyclic) bond motifs is 4. The van der Waals surface area contributed by atoms with Crippen molar-refractivity contribution in [1.29, 1.82) is 0 Å². The van der Waals surface area contributed by atoms with Crippen molar-refractivity contribution in [2.24, 2.45) is 22.7 Å². The molecule has 4 aliphatic rings. The molecule has 6 rings (SSSR count). The first kappa shape index (κ1) is 29.5. The molecule has 9 nitrogen and oxygen atoms in total. The summed E-state index contributed by atoms with van der Waals surface area (Å²) in [6.45, 7) is 11.8. The first-order valence-electron chi connectivity index (χ1n) is 15.4. The Bertz CT molecular complexity index is 1270. The van der Waals surface area contributed by atoms with Gasteiger partial charge in [0.25, 0.3) is 0 Å². The molecule has 2 aromatic heterocycles. The van der Waals surface area contributed by atoms with E-state index in [1.165, 1.54) is 12.5 Å². The maximum absolute atomic E-state index is 12.8. The van der Waals surface area contributed by atoms with Gasteiger partial charge < -0.3 is 32.5 Å². The normalized spacial score (nSPS) is 38.9. The van der Waals surface area contributed by atoms with Gasteiger partial charge in [0, 0.05) is 17.3 Å². The lowest BCUT2D eigenvalue weighted by Crippen LogP contribution is -2.69. The van der Waals surface area contributed by atoms with E-state index < -0.39 is 28.9 Å². The summed E-state index contributed by atoms with van der Waals surface area (Å²) in [5.41, 5.74) is -1.51. The molecule has 2 aliphatic heterocycles. The number of hydrogen-bond donors (Lipinski definition) is 0. The van der Waals surface area contributed by atoms with Gasteiger partial charge >= 0.3 is 11.9 Å². The van der Waals surface area contributed by atoms with Crippen LogP contribution in [0.3, 0.4) is 0 Å². The van der Waals surface area contributed by atoms with E-state index in [0.717, 1.165) is 32.1 Å². The minimum absolute atomic E-state index is 0.0420. The second kappa shape index (κ2) is 10.5. The zero-order chi connectivity index (χ0) is 29.8. The molecule has 0 aromatic carbocycles. The highest BCUT2D eigenvalue weighted by Gasteiger charge is 2.70. The largest absolute Gasteiger partial charge is 0.460 e. The first-order valence-corrected chi connectivity index (χ1v) is 15.4. The van der Waals surface area contributed by atoms with Crippen molar-refractivity contribution in [1.82, 2.24) is 0 Å². The molecule has 2 saturated carbocycles. The molecule has 7 atom stereocenters. The minimum Gasteiger partial charge on any atom is -0.460 e. The maximum Gasteiger partial charge on any atom is 0.374 e. The SMILES string of the molecule is CC1CCC2C3(C)COC(C)(C)OC3CCC2(C)C12CCC(CCOC(=O)c1ccco1)(COC(=O)c1ccco1)O2. The van der Waals surface area contributed by atoms with E-state index in [2.05, 4.69) is 20.8 Å². The van der Waals surface area contributed by atoms with Crippen LogP contribution in [0.1, 0.15) is 101 Å². The molecular formula is C33H44O9. The van der Waals surface area contributed by atoms with Gasteiger partial charge in [-0.3, -0.25) is 0 Å². The van der Waals surface area contributed by atoms with E-state index >= 15 is 0 Å². The van der Waals surface area contributed by atoms with Crippen molar-refractivity contribution in [3.63, 3.8) is 0 Å². The standard InChI is InChI=1S/C33H44O9/c1-22-10-11-25-30(4)20-40-29(2,3)41-26(30)12-13-31(25,5)33(22)15-14-32(42-33,21-39-28(35)24-9-7-18-37-24)16-19-38-27(34)23-8-6-17-36-23/h6-9,17-18,22,25-26H,10-16,19-21H2,1-5H3. The number of esters is 2. The molecular weight excluding hydrogens is 540 g/mol. The van der Waals surface area contributed by atoms with Crippen LogP contribution in [0, 0.1) is 22.7 Å². The van der Waals surface area contributed by atoms with Crippen molar-refractivity contribution in [2.75, 3.05) is 19.8 Å². The molecule has 4 fully saturated rings. The Morgan fingerprint density at radius 3 is 2.26 bits per heavy atom. The second-order valence-electron chi connectivity index (χ2n) is 13.9. The summed E-state index contributed by atoms with van der Waals surface area (Å²) >= 11 is 0. The fraction of sp³-hybridized carbons (Fsp3) is 0.697. The molecule has 230 valence electrons. The van der Waals surface area contributed by atoms with Gasteiger partial charge in [0.15, 0.2) is 5.79 Å². The summed E-state index contributed by atoms with van der Waals surface area (Å²) in [5.74, 6) is -0.709. The monoisotopic (exact) mass is 584 g/mol. The number of ether oxygens (including phenoxy) is 5. The van der Waals surface area contributed by atoms with Crippen LogP contribution in [-0.4, -0.2) is 54.9 Å². The smallest absolute Gasteiger partial charge is 0.374 e. The minimum atomic E-state index is -0.815. The predicted octanol–water partition coefficient (Wildman–Crippen LogP) is 6.57. The highest BCUT2D eigenvalue weighted by molar-refractivity contribution is 5.86. The molecule has 2 saturated heterocycles. The lowest BCUT2D eigenvalue weighted by atomic mass is 9.43. The second-order valence-corrected chi connectivity index (χ2v) is 13.9. The molecule has 2 aliphatic carbocycles. The van der Waals surface area contributed by atoms with Gasteiger partial charge in [-0.15, -0.1) is 0 Å². The van der Waals surface area contributed by atoms with Crippen molar-refractivity contribution < 1.29 is 42.1 Å². The molecule has 7 unspecified atom stereocenters. The predicted molar refractivity (Wildman–Crippen MR) is 151 cm³/mol. The number of rotatable bonds is 7. The zero-order valence-electron chi connectivity index (χ0n) is 25.4. The molecule has 2 aromatic rings. The van der Waals surface area contributed by atoms with E-state index in [0.29, 0.717) is 31.3 Å². The average molecular weight is 585 g/mol. The van der Waals surface area contributed by atoms with Crippen molar-refractivity contribution in [3.05, 3.63) is 48.3 Å². The Hall–Kier alpha value is -2.62. The Balaban J connectivity index is 1.26. The van der Waals surface area contributed by atoms with Crippen LogP contribution in [0.4, 0.5) is 0 Å². The molecule has 9 heteroatoms. The lowest BCUT2D eigenvalue weighted by Gasteiger charge is -2.67. The van der Waals surface area contributed by atoms with Crippen LogP contribution < -0.4 is 0 Å². The van der Waals surface area contributed by atoms with E-state index in [1.807, 2.05) is 13.8 Å². The Labute approximate surface area is 247 Å². The molecule has 0 N–H and O–H groups in total. The number of hydrogen-bond acceptors (Lipinski definition) is 9. The van der Waals surface area contributed by atoms with Crippen molar-refractivity contribution in [2.45, 2.75) is 103 Å². The molecule has 0 radical (unpaired) electrons. The van der Waals surface area contributed by atoms with E-state index in [9.17, 15) is 9.59 Å². The Morgan fingerprint density at radius 1 is 0.905 bits per heavy atom. The Morgan fingerprint density at radius 2 is 1.60 bits per heavy atom. The fourth-order valence-corrected chi connectivity index (χ4v) is 8.81. The molecule has 42 heavy (non-hydrogen) atoms. The van der Waals surface area contributed by atoms with Crippen LogP contribution in [-0.2, 0) is 23.7 Å². The molecule has 4 heterocycles. The highest BCUT2D eigenvalue weighted by Crippen LogP contribution is 2.69.